The number of carbonyl (C=O) groups excluding carboxylic acids is 1. The van der Waals surface area contributed by atoms with Crippen LogP contribution in [0.4, 0.5) is 5.69 Å². The highest BCUT2D eigenvalue weighted by Crippen LogP contribution is 2.02. The van der Waals surface area contributed by atoms with Gasteiger partial charge in [-0.25, -0.2) is 4.99 Å². The summed E-state index contributed by atoms with van der Waals surface area (Å²) in [6, 6.07) is 7.26. The minimum absolute atomic E-state index is 0. The van der Waals surface area contributed by atoms with Crippen molar-refractivity contribution in [2.45, 2.75) is 20.0 Å². The Morgan fingerprint density at radius 2 is 2.19 bits per heavy atom. The number of ether oxygens (including phenoxy) is 1. The molecule has 1 amide bonds. The first-order valence-electron chi connectivity index (χ1n) is 8.60. The molecule has 148 valence electrons. The molecule has 0 aliphatic heterocycles. The van der Waals surface area contributed by atoms with Crippen LogP contribution in [0.5, 0.6) is 0 Å². The van der Waals surface area contributed by atoms with Gasteiger partial charge in [0.15, 0.2) is 5.96 Å². The molecule has 27 heavy (non-hydrogen) atoms. The van der Waals surface area contributed by atoms with E-state index in [4.69, 9.17) is 9.15 Å². The van der Waals surface area contributed by atoms with E-state index in [1.54, 1.807) is 30.8 Å². The van der Waals surface area contributed by atoms with Gasteiger partial charge in [0.2, 0.25) is 5.91 Å². The Hall–Kier alpha value is -2.14. The van der Waals surface area contributed by atoms with Gasteiger partial charge in [0.05, 0.1) is 18.1 Å². The quantitative estimate of drug-likeness (QED) is 0.206. The van der Waals surface area contributed by atoms with Gasteiger partial charge >= 0.3 is 0 Å². The average molecular weight is 487 g/mol. The number of guanidine groups is 1. The summed E-state index contributed by atoms with van der Waals surface area (Å²) in [5.74, 6) is 1.21. The molecule has 2 rings (SSSR count). The number of carbonyl (C=O) groups is 1. The van der Waals surface area contributed by atoms with Crippen LogP contribution in [0, 0.1) is 0 Å². The first-order valence-corrected chi connectivity index (χ1v) is 8.60. The summed E-state index contributed by atoms with van der Waals surface area (Å²) in [5, 5.41) is 9.03. The maximum absolute atomic E-state index is 11.9. The number of aromatic nitrogens is 1. The molecule has 9 heteroatoms. The summed E-state index contributed by atoms with van der Waals surface area (Å²) < 4.78 is 10.7. The van der Waals surface area contributed by atoms with E-state index in [-0.39, 0.29) is 36.4 Å². The van der Waals surface area contributed by atoms with Gasteiger partial charge in [0, 0.05) is 25.9 Å². The average Bonchev–Trinajstić information content (AvgIpc) is 3.16. The zero-order chi connectivity index (χ0) is 18.5. The smallest absolute Gasteiger partial charge is 0.246 e. The summed E-state index contributed by atoms with van der Waals surface area (Å²) in [7, 11) is 0. The standard InChI is InChI=1S/C18H25N5O3.HI/c1-2-20-18(21-9-5-10-25-14-16-7-4-11-26-16)22-13-17(24)23-15-6-3-8-19-12-15;/h3-4,6-8,11-12H,2,5,9-10,13-14H2,1H3,(H,23,24)(H2,20,21,22);1H. The van der Waals surface area contributed by atoms with Gasteiger partial charge in [-0.15, -0.1) is 24.0 Å². The monoisotopic (exact) mass is 487 g/mol. The molecule has 3 N–H and O–H groups in total. The van der Waals surface area contributed by atoms with Crippen LogP contribution in [0.2, 0.25) is 0 Å². The number of hydrogen-bond donors (Lipinski definition) is 3. The number of halogens is 1. The Morgan fingerprint density at radius 3 is 2.89 bits per heavy atom. The maximum atomic E-state index is 11.9. The van der Waals surface area contributed by atoms with Crippen LogP contribution in [0.1, 0.15) is 19.1 Å². The first-order chi connectivity index (χ1) is 12.8. The lowest BCUT2D eigenvalue weighted by Gasteiger charge is -2.11. The molecule has 2 aromatic rings. The Bertz CT molecular complexity index is 665. The van der Waals surface area contributed by atoms with E-state index in [9.17, 15) is 4.79 Å². The van der Waals surface area contributed by atoms with Crippen molar-refractivity contribution in [3.8, 4) is 0 Å². The summed E-state index contributed by atoms with van der Waals surface area (Å²) in [5.41, 5.74) is 0.652. The van der Waals surface area contributed by atoms with Crippen LogP contribution in [-0.2, 0) is 16.1 Å². The lowest BCUT2D eigenvalue weighted by molar-refractivity contribution is -0.114. The fraction of sp³-hybridized carbons (Fsp3) is 0.389. The van der Waals surface area contributed by atoms with Gasteiger partial charge in [0.1, 0.15) is 18.9 Å². The van der Waals surface area contributed by atoms with E-state index in [2.05, 4.69) is 25.9 Å². The highest BCUT2D eigenvalue weighted by Gasteiger charge is 2.03. The van der Waals surface area contributed by atoms with Crippen LogP contribution in [0.15, 0.2) is 52.3 Å². The maximum Gasteiger partial charge on any atom is 0.246 e. The second kappa shape index (κ2) is 14.0. The number of rotatable bonds is 10. The molecule has 8 nitrogen and oxygen atoms in total. The minimum atomic E-state index is -0.197. The third kappa shape index (κ3) is 9.94. The molecule has 0 aliphatic carbocycles. The summed E-state index contributed by atoms with van der Waals surface area (Å²) in [6.45, 7) is 4.47. The number of nitrogens with one attached hydrogen (secondary N) is 3. The lowest BCUT2D eigenvalue weighted by atomic mass is 10.4. The number of hydrogen-bond acceptors (Lipinski definition) is 5. The van der Waals surface area contributed by atoms with Gasteiger partial charge in [0.25, 0.3) is 0 Å². The molecule has 0 aromatic carbocycles. The summed E-state index contributed by atoms with van der Waals surface area (Å²) >= 11 is 0. The summed E-state index contributed by atoms with van der Waals surface area (Å²) in [6.07, 6.45) is 5.68. The number of nitrogens with zero attached hydrogens (tertiary/aromatic N) is 2. The van der Waals surface area contributed by atoms with E-state index in [0.717, 1.165) is 12.2 Å². The Morgan fingerprint density at radius 1 is 1.30 bits per heavy atom. The number of pyridine rings is 1. The van der Waals surface area contributed by atoms with E-state index >= 15 is 0 Å². The Balaban J connectivity index is 0.00000364. The lowest BCUT2D eigenvalue weighted by Crippen LogP contribution is -2.38. The molecule has 0 saturated carbocycles. The fourth-order valence-corrected chi connectivity index (χ4v) is 2.08. The highest BCUT2D eigenvalue weighted by atomic mass is 127. The normalized spacial score (nSPS) is 10.8. The second-order valence-electron chi connectivity index (χ2n) is 5.40. The molecule has 0 spiro atoms. The van der Waals surface area contributed by atoms with Crippen molar-refractivity contribution in [3.05, 3.63) is 48.7 Å². The van der Waals surface area contributed by atoms with Crippen LogP contribution in [-0.4, -0.2) is 43.1 Å². The third-order valence-electron chi connectivity index (χ3n) is 3.25. The molecule has 0 radical (unpaired) electrons. The van der Waals surface area contributed by atoms with Gasteiger partial charge in [-0.05, 0) is 37.6 Å². The molecule has 0 saturated heterocycles. The van der Waals surface area contributed by atoms with Gasteiger partial charge in [-0.1, -0.05) is 0 Å². The zero-order valence-electron chi connectivity index (χ0n) is 15.3. The van der Waals surface area contributed by atoms with Crippen LogP contribution < -0.4 is 16.0 Å². The number of anilines is 1. The van der Waals surface area contributed by atoms with E-state index in [1.807, 2.05) is 19.1 Å². The van der Waals surface area contributed by atoms with Crippen molar-refractivity contribution in [2.75, 3.05) is 31.6 Å². The Labute approximate surface area is 176 Å². The zero-order valence-corrected chi connectivity index (χ0v) is 17.6. The van der Waals surface area contributed by atoms with Crippen molar-refractivity contribution < 1.29 is 13.9 Å². The molecule has 2 heterocycles. The number of amides is 1. The van der Waals surface area contributed by atoms with Crippen LogP contribution in [0.25, 0.3) is 0 Å². The molecule has 0 bridgehead atoms. The van der Waals surface area contributed by atoms with Crippen LogP contribution >= 0.6 is 24.0 Å². The molecule has 0 aliphatic rings. The molecule has 2 aromatic heterocycles. The van der Waals surface area contributed by atoms with Gasteiger partial charge < -0.3 is 25.1 Å². The van der Waals surface area contributed by atoms with Crippen molar-refractivity contribution in [1.82, 2.24) is 15.6 Å². The van der Waals surface area contributed by atoms with Crippen molar-refractivity contribution in [1.29, 1.82) is 0 Å². The van der Waals surface area contributed by atoms with Gasteiger partial charge in [-0.2, -0.15) is 0 Å². The minimum Gasteiger partial charge on any atom is -0.467 e. The van der Waals surface area contributed by atoms with Crippen molar-refractivity contribution >= 4 is 41.5 Å². The molecule has 0 unspecified atom stereocenters. The van der Waals surface area contributed by atoms with E-state index in [1.165, 1.54) is 0 Å². The summed E-state index contributed by atoms with van der Waals surface area (Å²) in [4.78, 5) is 20.1. The molecular weight excluding hydrogens is 461 g/mol. The largest absolute Gasteiger partial charge is 0.467 e. The number of aliphatic imine (C=N–C) groups is 1. The highest BCUT2D eigenvalue weighted by molar-refractivity contribution is 14.0. The topological polar surface area (TPSA) is 101 Å². The molecule has 0 fully saturated rings. The fourth-order valence-electron chi connectivity index (χ4n) is 2.08. The van der Waals surface area contributed by atoms with E-state index < -0.39 is 0 Å². The number of furan rings is 1. The molecular formula is C18H26IN5O3. The SMILES string of the molecule is CCNC(=NCC(=O)Nc1cccnc1)NCCCOCc1ccco1.I. The predicted molar refractivity (Wildman–Crippen MR) is 115 cm³/mol. The first kappa shape index (κ1) is 22.9. The molecule has 0 atom stereocenters. The van der Waals surface area contributed by atoms with Gasteiger partial charge in [-0.3, -0.25) is 9.78 Å². The van der Waals surface area contributed by atoms with Crippen molar-refractivity contribution in [2.24, 2.45) is 4.99 Å². The van der Waals surface area contributed by atoms with Crippen LogP contribution in [0.3, 0.4) is 0 Å². The Kier molecular flexibility index (Phi) is 11.9. The van der Waals surface area contributed by atoms with Crippen molar-refractivity contribution in [3.63, 3.8) is 0 Å². The second-order valence-corrected chi connectivity index (χ2v) is 5.40. The predicted octanol–water partition coefficient (Wildman–Crippen LogP) is 2.39. The third-order valence-corrected chi connectivity index (χ3v) is 3.25. The van der Waals surface area contributed by atoms with E-state index in [0.29, 0.717) is 38.0 Å².